The van der Waals surface area contributed by atoms with Gasteiger partial charge < -0.3 is 14.8 Å². The minimum absolute atomic E-state index is 0.123. The van der Waals surface area contributed by atoms with E-state index in [9.17, 15) is 0 Å². The zero-order valence-electron chi connectivity index (χ0n) is 17.7. The molecule has 0 aliphatic heterocycles. The molecule has 0 unspecified atom stereocenters. The molecule has 0 atom stereocenters. The van der Waals surface area contributed by atoms with Crippen LogP contribution in [0.5, 0.6) is 11.5 Å². The summed E-state index contributed by atoms with van der Waals surface area (Å²) in [5.41, 5.74) is 2.39. The van der Waals surface area contributed by atoms with Crippen LogP contribution in [-0.4, -0.2) is 12.6 Å². The van der Waals surface area contributed by atoms with E-state index in [0.29, 0.717) is 16.7 Å². The van der Waals surface area contributed by atoms with Crippen molar-refractivity contribution in [2.24, 2.45) is 5.41 Å². The Morgan fingerprint density at radius 2 is 1.68 bits per heavy atom. The number of halogens is 2. The molecule has 0 saturated carbocycles. The van der Waals surface area contributed by atoms with Crippen molar-refractivity contribution < 1.29 is 14.8 Å². The lowest BCUT2D eigenvalue weighted by molar-refractivity contribution is -0.737. The van der Waals surface area contributed by atoms with Gasteiger partial charge in [0.15, 0.2) is 11.5 Å². The number of para-hydroxylation sites is 1. The van der Waals surface area contributed by atoms with Crippen molar-refractivity contribution in [3.63, 3.8) is 0 Å². The fraction of sp³-hybridized carbons (Fsp3) is 0.478. The molecule has 3 nitrogen and oxygen atoms in total. The summed E-state index contributed by atoms with van der Waals surface area (Å²) in [5, 5.41) is 3.58. The summed E-state index contributed by atoms with van der Waals surface area (Å²) in [5.74, 6) is 1.49. The van der Waals surface area contributed by atoms with Crippen molar-refractivity contribution in [1.29, 1.82) is 0 Å². The number of nitrogens with two attached hydrogens (primary N) is 1. The summed E-state index contributed by atoms with van der Waals surface area (Å²) in [6.45, 7) is 12.6. The van der Waals surface area contributed by atoms with E-state index in [1.165, 1.54) is 0 Å². The number of hydrogen-bond donors (Lipinski definition) is 1. The van der Waals surface area contributed by atoms with Gasteiger partial charge in [-0.1, -0.05) is 56.1 Å². The number of methoxy groups -OCH3 is 1. The predicted molar refractivity (Wildman–Crippen MR) is 118 cm³/mol. The van der Waals surface area contributed by atoms with Gasteiger partial charge in [0.25, 0.3) is 0 Å². The molecule has 2 aromatic carbocycles. The minimum Gasteiger partial charge on any atom is -0.493 e. The molecule has 2 rings (SSSR count). The smallest absolute Gasteiger partial charge is 0.170 e. The molecule has 0 heterocycles. The average molecular weight is 425 g/mol. The van der Waals surface area contributed by atoms with Gasteiger partial charge in [0, 0.05) is 22.0 Å². The molecule has 0 radical (unpaired) electrons. The van der Waals surface area contributed by atoms with Crippen LogP contribution in [0.3, 0.4) is 0 Å². The molecule has 0 amide bonds. The summed E-state index contributed by atoms with van der Waals surface area (Å²) < 4.78 is 11.7. The molecule has 28 heavy (non-hydrogen) atoms. The van der Waals surface area contributed by atoms with Crippen molar-refractivity contribution in [1.82, 2.24) is 0 Å². The highest BCUT2D eigenvalue weighted by Crippen LogP contribution is 2.33. The summed E-state index contributed by atoms with van der Waals surface area (Å²) in [4.78, 5) is 0. The van der Waals surface area contributed by atoms with Crippen LogP contribution in [0.25, 0.3) is 0 Å². The standard InChI is InChI=1S/C23H31Cl2NO2/c1-22(2,3)15-23(4,5)26-13-16-8-7-9-20(27-6)21(16)28-14-17-10-11-18(24)12-19(17)25/h7-12,26H,13-15H2,1-6H3/p+1. The van der Waals surface area contributed by atoms with Crippen LogP contribution >= 0.6 is 23.2 Å². The zero-order valence-corrected chi connectivity index (χ0v) is 19.2. The molecular weight excluding hydrogens is 393 g/mol. The number of benzene rings is 2. The molecule has 0 spiro atoms. The first-order chi connectivity index (χ1) is 13.0. The van der Waals surface area contributed by atoms with Gasteiger partial charge in [0.2, 0.25) is 0 Å². The van der Waals surface area contributed by atoms with E-state index >= 15 is 0 Å². The normalized spacial score (nSPS) is 12.1. The zero-order chi connectivity index (χ0) is 20.9. The Morgan fingerprint density at radius 1 is 0.964 bits per heavy atom. The van der Waals surface area contributed by atoms with E-state index < -0.39 is 0 Å². The van der Waals surface area contributed by atoms with Crippen LogP contribution in [0.2, 0.25) is 10.0 Å². The fourth-order valence-corrected chi connectivity index (χ4v) is 4.12. The van der Waals surface area contributed by atoms with Gasteiger partial charge in [0.1, 0.15) is 13.2 Å². The van der Waals surface area contributed by atoms with Crippen LogP contribution in [0.4, 0.5) is 0 Å². The highest BCUT2D eigenvalue weighted by molar-refractivity contribution is 6.35. The largest absolute Gasteiger partial charge is 0.493 e. The molecule has 5 heteroatoms. The summed E-state index contributed by atoms with van der Waals surface area (Å²) in [7, 11) is 1.66. The van der Waals surface area contributed by atoms with Gasteiger partial charge in [-0.3, -0.25) is 0 Å². The Kier molecular flexibility index (Phi) is 7.66. The molecule has 0 aliphatic carbocycles. The molecule has 0 fully saturated rings. The van der Waals surface area contributed by atoms with E-state index in [4.69, 9.17) is 32.7 Å². The first-order valence-electron chi connectivity index (χ1n) is 9.58. The van der Waals surface area contributed by atoms with E-state index in [1.807, 2.05) is 24.3 Å². The predicted octanol–water partition coefficient (Wildman–Crippen LogP) is 5.86. The molecule has 2 N–H and O–H groups in total. The van der Waals surface area contributed by atoms with E-state index in [0.717, 1.165) is 35.6 Å². The van der Waals surface area contributed by atoms with Crippen molar-refractivity contribution in [3.8, 4) is 11.5 Å². The number of quaternary nitrogens is 1. The van der Waals surface area contributed by atoms with E-state index in [2.05, 4.69) is 46.0 Å². The lowest BCUT2D eigenvalue weighted by Crippen LogP contribution is -2.94. The maximum atomic E-state index is 6.29. The van der Waals surface area contributed by atoms with Crippen LogP contribution < -0.4 is 14.8 Å². The van der Waals surface area contributed by atoms with Crippen LogP contribution in [0.15, 0.2) is 36.4 Å². The van der Waals surface area contributed by atoms with Gasteiger partial charge in [-0.05, 0) is 43.5 Å². The lowest BCUT2D eigenvalue weighted by atomic mass is 9.82. The quantitative estimate of drug-likeness (QED) is 0.575. The molecule has 0 saturated heterocycles. The maximum Gasteiger partial charge on any atom is 0.170 e. The number of rotatable bonds is 8. The second-order valence-electron chi connectivity index (χ2n) is 9.11. The summed E-state index contributed by atoms with van der Waals surface area (Å²) >= 11 is 12.3. The number of ether oxygens (including phenoxy) is 2. The summed E-state index contributed by atoms with van der Waals surface area (Å²) in [6.07, 6.45) is 1.11. The Labute approximate surface area is 179 Å². The SMILES string of the molecule is COc1cccc(C[NH2+]C(C)(C)CC(C)(C)C)c1OCc1ccc(Cl)cc1Cl. The van der Waals surface area contributed by atoms with Crippen LogP contribution in [-0.2, 0) is 13.2 Å². The highest BCUT2D eigenvalue weighted by Gasteiger charge is 2.28. The van der Waals surface area contributed by atoms with Gasteiger partial charge in [-0.25, -0.2) is 0 Å². The molecule has 0 aromatic heterocycles. The lowest BCUT2D eigenvalue weighted by Gasteiger charge is -2.30. The molecular formula is C23H32Cl2NO2+. The number of hydrogen-bond acceptors (Lipinski definition) is 2. The Morgan fingerprint density at radius 3 is 2.29 bits per heavy atom. The Hall–Kier alpha value is -1.42. The third kappa shape index (κ3) is 6.88. The first kappa shape index (κ1) is 22.9. The average Bonchev–Trinajstić information content (AvgIpc) is 2.57. The van der Waals surface area contributed by atoms with Crippen molar-refractivity contribution in [2.45, 2.75) is 59.7 Å². The van der Waals surface area contributed by atoms with Crippen LogP contribution in [0.1, 0.15) is 52.2 Å². The van der Waals surface area contributed by atoms with Crippen LogP contribution in [0, 0.1) is 5.41 Å². The minimum atomic E-state index is 0.123. The molecule has 0 bridgehead atoms. The topological polar surface area (TPSA) is 35.1 Å². The fourth-order valence-electron chi connectivity index (χ4n) is 3.66. The molecule has 0 aliphatic rings. The monoisotopic (exact) mass is 424 g/mol. The van der Waals surface area contributed by atoms with Gasteiger partial charge >= 0.3 is 0 Å². The van der Waals surface area contributed by atoms with E-state index in [1.54, 1.807) is 13.2 Å². The third-order valence-electron chi connectivity index (χ3n) is 4.53. The van der Waals surface area contributed by atoms with Gasteiger partial charge in [-0.2, -0.15) is 0 Å². The molecule has 154 valence electrons. The van der Waals surface area contributed by atoms with Gasteiger partial charge in [-0.15, -0.1) is 0 Å². The van der Waals surface area contributed by atoms with E-state index in [-0.39, 0.29) is 11.0 Å². The first-order valence-corrected chi connectivity index (χ1v) is 10.3. The van der Waals surface area contributed by atoms with Crippen molar-refractivity contribution in [3.05, 3.63) is 57.6 Å². The van der Waals surface area contributed by atoms with Crippen molar-refractivity contribution >= 4 is 23.2 Å². The van der Waals surface area contributed by atoms with Gasteiger partial charge in [0.05, 0.1) is 18.2 Å². The second kappa shape index (κ2) is 9.39. The highest BCUT2D eigenvalue weighted by atomic mass is 35.5. The molecule has 2 aromatic rings. The van der Waals surface area contributed by atoms with Crippen molar-refractivity contribution in [2.75, 3.05) is 7.11 Å². The second-order valence-corrected chi connectivity index (χ2v) is 9.95. The summed E-state index contributed by atoms with van der Waals surface area (Å²) in [6, 6.07) is 11.4. The third-order valence-corrected chi connectivity index (χ3v) is 5.11. The maximum absolute atomic E-state index is 6.29. The Balaban J connectivity index is 2.17. The Bertz CT molecular complexity index is 798.